The predicted octanol–water partition coefficient (Wildman–Crippen LogP) is 0.809. The molecule has 1 N–H and O–H groups in total. The standard InChI is InChI=1S/C8H19NO2S/c1-4-6-9-8(5-2)7-12(3,10)11/h8-9H,4-7H2,1-3H3. The Balaban J connectivity index is 3.83. The zero-order valence-corrected chi connectivity index (χ0v) is 8.95. The molecule has 0 aromatic carbocycles. The molecule has 0 saturated carbocycles. The number of hydrogen-bond acceptors (Lipinski definition) is 3. The highest BCUT2D eigenvalue weighted by Gasteiger charge is 2.11. The number of nitrogens with one attached hydrogen (secondary N) is 1. The first-order valence-corrected chi connectivity index (χ1v) is 6.46. The van der Waals surface area contributed by atoms with Gasteiger partial charge in [-0.05, 0) is 19.4 Å². The lowest BCUT2D eigenvalue weighted by Gasteiger charge is -2.14. The Morgan fingerprint density at radius 1 is 1.33 bits per heavy atom. The molecule has 74 valence electrons. The zero-order chi connectivity index (χ0) is 9.61. The Morgan fingerprint density at radius 3 is 2.25 bits per heavy atom. The van der Waals surface area contributed by atoms with Gasteiger partial charge in [0.1, 0.15) is 9.84 Å². The van der Waals surface area contributed by atoms with Gasteiger partial charge in [-0.3, -0.25) is 0 Å². The van der Waals surface area contributed by atoms with Crippen LogP contribution in [0.3, 0.4) is 0 Å². The van der Waals surface area contributed by atoms with Gasteiger partial charge in [-0.25, -0.2) is 8.42 Å². The maximum absolute atomic E-state index is 10.9. The van der Waals surface area contributed by atoms with E-state index in [9.17, 15) is 8.42 Å². The Kier molecular flexibility index (Phi) is 5.50. The van der Waals surface area contributed by atoms with Crippen LogP contribution in [0.1, 0.15) is 26.7 Å². The molecule has 0 radical (unpaired) electrons. The van der Waals surface area contributed by atoms with Crippen LogP contribution in [0.25, 0.3) is 0 Å². The van der Waals surface area contributed by atoms with E-state index in [1.165, 1.54) is 6.26 Å². The van der Waals surface area contributed by atoms with Crippen molar-refractivity contribution in [1.29, 1.82) is 0 Å². The predicted molar refractivity (Wildman–Crippen MR) is 52.1 cm³/mol. The van der Waals surface area contributed by atoms with Crippen LogP contribution in [0.5, 0.6) is 0 Å². The van der Waals surface area contributed by atoms with E-state index in [2.05, 4.69) is 12.2 Å². The molecule has 0 aromatic rings. The largest absolute Gasteiger partial charge is 0.313 e. The SMILES string of the molecule is CCCNC(CC)CS(C)(=O)=O. The molecule has 0 aliphatic heterocycles. The van der Waals surface area contributed by atoms with Crippen LogP contribution in [-0.4, -0.2) is 33.0 Å². The first-order chi connectivity index (χ1) is 5.49. The molecule has 4 heteroatoms. The summed E-state index contributed by atoms with van der Waals surface area (Å²) in [7, 11) is -2.83. The smallest absolute Gasteiger partial charge is 0.148 e. The van der Waals surface area contributed by atoms with Gasteiger partial charge in [-0.15, -0.1) is 0 Å². The van der Waals surface area contributed by atoms with Gasteiger partial charge >= 0.3 is 0 Å². The molecule has 0 saturated heterocycles. The van der Waals surface area contributed by atoms with E-state index in [1.807, 2.05) is 6.92 Å². The summed E-state index contributed by atoms with van der Waals surface area (Å²) < 4.78 is 21.8. The molecule has 0 aliphatic carbocycles. The molecule has 0 rings (SSSR count). The lowest BCUT2D eigenvalue weighted by atomic mass is 10.2. The van der Waals surface area contributed by atoms with Crippen LogP contribution < -0.4 is 5.32 Å². The van der Waals surface area contributed by atoms with Crippen LogP contribution in [0.15, 0.2) is 0 Å². The van der Waals surface area contributed by atoms with Crippen molar-refractivity contribution in [2.24, 2.45) is 0 Å². The Labute approximate surface area is 75.5 Å². The lowest BCUT2D eigenvalue weighted by Crippen LogP contribution is -2.35. The van der Waals surface area contributed by atoms with Gasteiger partial charge in [0.15, 0.2) is 0 Å². The minimum absolute atomic E-state index is 0.125. The highest BCUT2D eigenvalue weighted by Crippen LogP contribution is 1.96. The summed E-state index contributed by atoms with van der Waals surface area (Å²) >= 11 is 0. The van der Waals surface area contributed by atoms with Gasteiger partial charge < -0.3 is 5.32 Å². The summed E-state index contributed by atoms with van der Waals surface area (Å²) in [6, 6.07) is 0.125. The molecular formula is C8H19NO2S. The fourth-order valence-electron chi connectivity index (χ4n) is 1.04. The van der Waals surface area contributed by atoms with Crippen LogP contribution in [0.2, 0.25) is 0 Å². The van der Waals surface area contributed by atoms with Crippen LogP contribution in [0.4, 0.5) is 0 Å². The second-order valence-electron chi connectivity index (χ2n) is 3.15. The average Bonchev–Trinajstić information content (AvgIpc) is 1.95. The fraction of sp³-hybridized carbons (Fsp3) is 1.00. The first kappa shape index (κ1) is 11.9. The van der Waals surface area contributed by atoms with Gasteiger partial charge in [0, 0.05) is 12.3 Å². The van der Waals surface area contributed by atoms with E-state index in [0.29, 0.717) is 0 Å². The summed E-state index contributed by atoms with van der Waals surface area (Å²) in [6.07, 6.45) is 3.19. The van der Waals surface area contributed by atoms with Gasteiger partial charge in [0.25, 0.3) is 0 Å². The number of rotatable bonds is 6. The van der Waals surface area contributed by atoms with E-state index < -0.39 is 9.84 Å². The van der Waals surface area contributed by atoms with E-state index >= 15 is 0 Å². The minimum atomic E-state index is -2.83. The summed E-state index contributed by atoms with van der Waals surface area (Å²) in [5.74, 6) is 0.253. The van der Waals surface area contributed by atoms with Crippen molar-refractivity contribution in [3.8, 4) is 0 Å². The second kappa shape index (κ2) is 5.54. The first-order valence-electron chi connectivity index (χ1n) is 4.40. The molecule has 0 aromatic heterocycles. The van der Waals surface area contributed by atoms with Crippen molar-refractivity contribution in [3.63, 3.8) is 0 Å². The third-order valence-corrected chi connectivity index (χ3v) is 2.69. The highest BCUT2D eigenvalue weighted by molar-refractivity contribution is 7.90. The van der Waals surface area contributed by atoms with E-state index in [0.717, 1.165) is 19.4 Å². The topological polar surface area (TPSA) is 46.2 Å². The summed E-state index contributed by atoms with van der Waals surface area (Å²) in [5, 5.41) is 3.20. The molecule has 1 atom stereocenters. The molecule has 0 aliphatic rings. The Bertz CT molecular complexity index is 199. The van der Waals surface area contributed by atoms with E-state index in [4.69, 9.17) is 0 Å². The summed E-state index contributed by atoms with van der Waals surface area (Å²) in [5.41, 5.74) is 0. The quantitative estimate of drug-likeness (QED) is 0.679. The van der Waals surface area contributed by atoms with Gasteiger partial charge in [-0.1, -0.05) is 13.8 Å². The van der Waals surface area contributed by atoms with E-state index in [1.54, 1.807) is 0 Å². The maximum Gasteiger partial charge on any atom is 0.148 e. The molecule has 12 heavy (non-hydrogen) atoms. The van der Waals surface area contributed by atoms with Crippen molar-refractivity contribution >= 4 is 9.84 Å². The van der Waals surface area contributed by atoms with Crippen molar-refractivity contribution in [1.82, 2.24) is 5.32 Å². The van der Waals surface area contributed by atoms with Crippen molar-refractivity contribution in [2.75, 3.05) is 18.6 Å². The third kappa shape index (κ3) is 6.61. The van der Waals surface area contributed by atoms with Gasteiger partial charge in [0.2, 0.25) is 0 Å². The van der Waals surface area contributed by atoms with Crippen LogP contribution in [-0.2, 0) is 9.84 Å². The molecule has 0 fully saturated rings. The highest BCUT2D eigenvalue weighted by atomic mass is 32.2. The molecular weight excluding hydrogens is 174 g/mol. The molecule has 3 nitrogen and oxygen atoms in total. The number of sulfone groups is 1. The van der Waals surface area contributed by atoms with Gasteiger partial charge in [-0.2, -0.15) is 0 Å². The summed E-state index contributed by atoms with van der Waals surface area (Å²) in [6.45, 7) is 4.96. The summed E-state index contributed by atoms with van der Waals surface area (Å²) in [4.78, 5) is 0. The molecule has 0 amide bonds. The Morgan fingerprint density at radius 2 is 1.92 bits per heavy atom. The van der Waals surface area contributed by atoms with Crippen LogP contribution in [0, 0.1) is 0 Å². The maximum atomic E-state index is 10.9. The zero-order valence-electron chi connectivity index (χ0n) is 8.13. The Hall–Kier alpha value is -0.0900. The number of hydrogen-bond donors (Lipinski definition) is 1. The monoisotopic (exact) mass is 193 g/mol. The molecule has 0 heterocycles. The average molecular weight is 193 g/mol. The second-order valence-corrected chi connectivity index (χ2v) is 5.34. The molecule has 0 bridgehead atoms. The van der Waals surface area contributed by atoms with Crippen LogP contribution >= 0.6 is 0 Å². The van der Waals surface area contributed by atoms with E-state index in [-0.39, 0.29) is 11.8 Å². The van der Waals surface area contributed by atoms with Gasteiger partial charge in [0.05, 0.1) is 5.75 Å². The molecule has 1 unspecified atom stereocenters. The fourth-order valence-corrected chi connectivity index (χ4v) is 2.12. The van der Waals surface area contributed by atoms with Crippen molar-refractivity contribution < 1.29 is 8.42 Å². The minimum Gasteiger partial charge on any atom is -0.313 e. The normalized spacial score (nSPS) is 14.6. The van der Waals surface area contributed by atoms with Crippen molar-refractivity contribution in [3.05, 3.63) is 0 Å². The lowest BCUT2D eigenvalue weighted by molar-refractivity contribution is 0.521. The van der Waals surface area contributed by atoms with Crippen molar-refractivity contribution in [2.45, 2.75) is 32.7 Å². The molecule has 0 spiro atoms. The third-order valence-electron chi connectivity index (χ3n) is 1.68.